The molecule has 1 unspecified atom stereocenters. The van der Waals surface area contributed by atoms with Gasteiger partial charge in [0.05, 0.1) is 5.69 Å². The molecule has 0 fully saturated rings. The Balaban J connectivity index is 2.86. The van der Waals surface area contributed by atoms with Crippen LogP contribution in [0, 0.1) is 0 Å². The number of hydrogen-bond donors (Lipinski definition) is 2. The van der Waals surface area contributed by atoms with Crippen molar-refractivity contribution < 1.29 is 27.9 Å². The fourth-order valence-corrected chi connectivity index (χ4v) is 1.24. The number of nitrogens with zero attached hydrogens (tertiary/aromatic N) is 2. The second-order valence-corrected chi connectivity index (χ2v) is 4.13. The molecule has 2 N–H and O–H groups in total. The summed E-state index contributed by atoms with van der Waals surface area (Å²) in [4.78, 5) is 22.1. The predicted octanol–water partition coefficient (Wildman–Crippen LogP) is 0.955. The van der Waals surface area contributed by atoms with E-state index in [1.807, 2.05) is 0 Å². The van der Waals surface area contributed by atoms with E-state index < -0.39 is 23.6 Å². The number of halogens is 3. The number of rotatable bonds is 4. The number of nitrogens with one attached hydrogen (secondary N) is 1. The van der Waals surface area contributed by atoms with E-state index in [1.54, 1.807) is 7.05 Å². The average molecular weight is 291 g/mol. The smallest absolute Gasteiger partial charge is 0.422 e. The third-order valence-corrected chi connectivity index (χ3v) is 2.63. The van der Waals surface area contributed by atoms with Gasteiger partial charge in [0.1, 0.15) is 0 Å². The van der Waals surface area contributed by atoms with Gasteiger partial charge in [0.2, 0.25) is 11.4 Å². The number of carboxylic acids is 1. The Morgan fingerprint density at radius 3 is 2.45 bits per heavy atom. The minimum atomic E-state index is -5.12. The lowest BCUT2D eigenvalue weighted by molar-refractivity contribution is -0.206. The number of amides is 1. The van der Waals surface area contributed by atoms with Gasteiger partial charge in [0, 0.05) is 19.3 Å². The summed E-state index contributed by atoms with van der Waals surface area (Å²) in [5, 5.41) is 13.9. The van der Waals surface area contributed by atoms with Crippen LogP contribution in [0.4, 0.5) is 13.2 Å². The van der Waals surface area contributed by atoms with Crippen LogP contribution in [0.25, 0.3) is 6.08 Å². The highest BCUT2D eigenvalue weighted by molar-refractivity contribution is 5.95. The molecule has 0 aliphatic carbocycles. The maximum Gasteiger partial charge on any atom is 0.422 e. The number of carbonyl (C=O) groups excluding carboxylic acids is 1. The number of hydrogen-bond acceptors (Lipinski definition) is 3. The maximum absolute atomic E-state index is 12.7. The van der Waals surface area contributed by atoms with Gasteiger partial charge in [-0.25, -0.2) is 4.79 Å². The monoisotopic (exact) mass is 291 g/mol. The van der Waals surface area contributed by atoms with Crippen LogP contribution in [0.3, 0.4) is 0 Å². The minimum Gasteiger partial charge on any atom is -0.479 e. The summed E-state index contributed by atoms with van der Waals surface area (Å²) in [7, 11) is 1.58. The van der Waals surface area contributed by atoms with Gasteiger partial charge in [0.15, 0.2) is 0 Å². The highest BCUT2D eigenvalue weighted by Gasteiger charge is 2.58. The summed E-state index contributed by atoms with van der Waals surface area (Å²) < 4.78 is 39.4. The number of carboxylic acid groups (broad SMARTS) is 1. The second kappa shape index (κ2) is 5.35. The van der Waals surface area contributed by atoms with Crippen molar-refractivity contribution in [3.05, 3.63) is 24.0 Å². The van der Waals surface area contributed by atoms with E-state index in [0.717, 1.165) is 6.08 Å². The van der Waals surface area contributed by atoms with Gasteiger partial charge in [-0.2, -0.15) is 18.3 Å². The van der Waals surface area contributed by atoms with E-state index in [4.69, 9.17) is 5.11 Å². The molecule has 0 radical (unpaired) electrons. The zero-order valence-electron chi connectivity index (χ0n) is 10.6. The zero-order chi connectivity index (χ0) is 15.6. The van der Waals surface area contributed by atoms with Gasteiger partial charge in [-0.3, -0.25) is 9.48 Å². The largest absolute Gasteiger partial charge is 0.479 e. The minimum absolute atomic E-state index is 0.380. The lowest BCUT2D eigenvalue weighted by atomic mass is 10.0. The van der Waals surface area contributed by atoms with Gasteiger partial charge in [-0.15, -0.1) is 0 Å². The lowest BCUT2D eigenvalue weighted by Gasteiger charge is -2.27. The summed E-state index contributed by atoms with van der Waals surface area (Å²) in [5.41, 5.74) is -2.87. The molecule has 0 aromatic carbocycles. The second-order valence-electron chi connectivity index (χ2n) is 4.13. The molecule has 0 spiro atoms. The number of aliphatic carboxylic acids is 1. The quantitative estimate of drug-likeness (QED) is 0.809. The molecule has 0 saturated carbocycles. The molecule has 6 nitrogen and oxygen atoms in total. The average Bonchev–Trinajstić information content (AvgIpc) is 2.70. The van der Waals surface area contributed by atoms with Crippen molar-refractivity contribution in [2.45, 2.75) is 18.6 Å². The molecule has 0 bridgehead atoms. The Morgan fingerprint density at radius 1 is 1.45 bits per heavy atom. The third-order valence-electron chi connectivity index (χ3n) is 2.63. The number of aromatic nitrogens is 2. The van der Waals surface area contributed by atoms with Crippen LogP contribution in [-0.4, -0.2) is 38.5 Å². The van der Waals surface area contributed by atoms with E-state index in [1.165, 1.54) is 28.3 Å². The molecular weight excluding hydrogens is 279 g/mol. The van der Waals surface area contributed by atoms with Crippen LogP contribution in [0.5, 0.6) is 0 Å². The van der Waals surface area contributed by atoms with Gasteiger partial charge in [-0.05, 0) is 19.1 Å². The van der Waals surface area contributed by atoms with Crippen molar-refractivity contribution in [3.8, 4) is 0 Å². The van der Waals surface area contributed by atoms with Gasteiger partial charge >= 0.3 is 12.1 Å². The van der Waals surface area contributed by atoms with Gasteiger partial charge in [-0.1, -0.05) is 0 Å². The molecule has 0 aliphatic rings. The van der Waals surface area contributed by atoms with Crippen molar-refractivity contribution in [1.82, 2.24) is 15.1 Å². The standard InChI is InChI=1S/C11H12F3N3O3/c1-10(9(19)20,11(12,13)14)16-8(18)4-3-7-5-6-15-17(7)2/h3-6H,1-2H3,(H,16,18)(H,19,20). The fraction of sp³-hybridized carbons (Fsp3) is 0.364. The summed E-state index contributed by atoms with van der Waals surface area (Å²) in [6.45, 7) is 0.380. The Hall–Kier alpha value is -2.32. The molecule has 1 aromatic rings. The van der Waals surface area contributed by atoms with E-state index in [-0.39, 0.29) is 0 Å². The van der Waals surface area contributed by atoms with Crippen LogP contribution >= 0.6 is 0 Å². The predicted molar refractivity (Wildman–Crippen MR) is 62.5 cm³/mol. The lowest BCUT2D eigenvalue weighted by Crippen LogP contribution is -2.61. The molecule has 0 aliphatic heterocycles. The van der Waals surface area contributed by atoms with Crippen LogP contribution in [-0.2, 0) is 16.6 Å². The number of carbonyl (C=O) groups is 2. The number of aryl methyl sites for hydroxylation is 1. The molecule has 0 saturated heterocycles. The highest BCUT2D eigenvalue weighted by atomic mass is 19.4. The van der Waals surface area contributed by atoms with Crippen molar-refractivity contribution in [3.63, 3.8) is 0 Å². The summed E-state index contributed by atoms with van der Waals surface area (Å²) in [5.74, 6) is -3.36. The van der Waals surface area contributed by atoms with Crippen LogP contribution in [0.1, 0.15) is 12.6 Å². The molecule has 9 heteroatoms. The molecule has 1 atom stereocenters. The topological polar surface area (TPSA) is 84.2 Å². The molecule has 110 valence electrons. The normalized spacial score (nSPS) is 15.1. The van der Waals surface area contributed by atoms with E-state index in [0.29, 0.717) is 12.6 Å². The van der Waals surface area contributed by atoms with Gasteiger partial charge in [0.25, 0.3) is 0 Å². The van der Waals surface area contributed by atoms with E-state index in [9.17, 15) is 22.8 Å². The van der Waals surface area contributed by atoms with E-state index in [2.05, 4.69) is 5.10 Å². The molecule has 1 heterocycles. The molecule has 20 heavy (non-hydrogen) atoms. The molecule has 1 aromatic heterocycles. The Morgan fingerprint density at radius 2 is 2.05 bits per heavy atom. The summed E-state index contributed by atoms with van der Waals surface area (Å²) in [6, 6.07) is 1.53. The molecular formula is C11H12F3N3O3. The molecule has 1 rings (SSSR count). The maximum atomic E-state index is 12.7. The summed E-state index contributed by atoms with van der Waals surface area (Å²) in [6.07, 6.45) is -1.64. The SMILES string of the molecule is Cn1nccc1C=CC(=O)NC(C)(C(=O)O)C(F)(F)F. The number of alkyl halides is 3. The zero-order valence-corrected chi connectivity index (χ0v) is 10.6. The first-order valence-electron chi connectivity index (χ1n) is 5.36. The first kappa shape index (κ1) is 15.7. The summed E-state index contributed by atoms with van der Waals surface area (Å²) >= 11 is 0. The Labute approximate surface area is 111 Å². The fourth-order valence-electron chi connectivity index (χ4n) is 1.24. The van der Waals surface area contributed by atoms with E-state index >= 15 is 0 Å². The highest BCUT2D eigenvalue weighted by Crippen LogP contribution is 2.30. The van der Waals surface area contributed by atoms with Crippen molar-refractivity contribution in [2.24, 2.45) is 7.05 Å². The van der Waals surface area contributed by atoms with Crippen LogP contribution in [0.15, 0.2) is 18.3 Å². The Bertz CT molecular complexity index is 551. The first-order chi connectivity index (χ1) is 9.08. The molecule has 1 amide bonds. The van der Waals surface area contributed by atoms with Crippen molar-refractivity contribution >= 4 is 18.0 Å². The Kier molecular flexibility index (Phi) is 4.21. The first-order valence-corrected chi connectivity index (χ1v) is 5.36. The van der Waals surface area contributed by atoms with Crippen molar-refractivity contribution in [1.29, 1.82) is 0 Å². The van der Waals surface area contributed by atoms with Crippen LogP contribution in [0.2, 0.25) is 0 Å². The van der Waals surface area contributed by atoms with Crippen molar-refractivity contribution in [2.75, 3.05) is 0 Å². The van der Waals surface area contributed by atoms with Gasteiger partial charge < -0.3 is 10.4 Å². The van der Waals surface area contributed by atoms with Crippen LogP contribution < -0.4 is 5.32 Å². The third kappa shape index (κ3) is 3.16.